The lowest BCUT2D eigenvalue weighted by Gasteiger charge is -2.27. The van der Waals surface area contributed by atoms with Crippen molar-refractivity contribution in [2.45, 2.75) is 39.0 Å². The summed E-state index contributed by atoms with van der Waals surface area (Å²) >= 11 is 0. The van der Waals surface area contributed by atoms with Crippen LogP contribution in [0.3, 0.4) is 0 Å². The number of aryl methyl sites for hydroxylation is 1. The number of ether oxygens (including phenoxy) is 1. The first-order chi connectivity index (χ1) is 14.2. The van der Waals surface area contributed by atoms with E-state index in [4.69, 9.17) is 4.74 Å². The van der Waals surface area contributed by atoms with Crippen LogP contribution in [0.1, 0.15) is 29.5 Å². The van der Waals surface area contributed by atoms with Crippen LogP contribution in [0.2, 0.25) is 0 Å². The van der Waals surface area contributed by atoms with Crippen LogP contribution in [0.4, 0.5) is 0 Å². The van der Waals surface area contributed by atoms with Crippen LogP contribution >= 0.6 is 0 Å². The van der Waals surface area contributed by atoms with Crippen molar-refractivity contribution in [2.24, 2.45) is 0 Å². The van der Waals surface area contributed by atoms with Crippen molar-refractivity contribution in [3.8, 4) is 11.1 Å². The number of nitrogens with zero attached hydrogens (tertiary/aromatic N) is 1. The monoisotopic (exact) mass is 385 g/mol. The number of benzene rings is 3. The maximum absolute atomic E-state index is 13.3. The molecule has 1 atom stereocenters. The summed E-state index contributed by atoms with van der Waals surface area (Å²) < 4.78 is 5.73. The zero-order valence-corrected chi connectivity index (χ0v) is 16.9. The molecule has 1 fully saturated rings. The van der Waals surface area contributed by atoms with Crippen molar-refractivity contribution in [1.82, 2.24) is 4.90 Å². The minimum Gasteiger partial charge on any atom is -0.368 e. The third kappa shape index (κ3) is 4.57. The molecule has 1 heterocycles. The summed E-state index contributed by atoms with van der Waals surface area (Å²) in [5.74, 6) is 0.0913. The molecule has 3 aromatic carbocycles. The molecule has 0 saturated carbocycles. The topological polar surface area (TPSA) is 29.5 Å². The first-order valence-electron chi connectivity index (χ1n) is 10.3. The molecular formula is C26H27NO2. The molecule has 1 aliphatic rings. The molecule has 0 unspecified atom stereocenters. The molecular weight excluding hydrogens is 358 g/mol. The van der Waals surface area contributed by atoms with Gasteiger partial charge in [0.1, 0.15) is 6.10 Å². The summed E-state index contributed by atoms with van der Waals surface area (Å²) in [6.07, 6.45) is 1.45. The molecule has 29 heavy (non-hydrogen) atoms. The second-order valence-corrected chi connectivity index (χ2v) is 7.65. The van der Waals surface area contributed by atoms with Crippen molar-refractivity contribution in [2.75, 3.05) is 6.61 Å². The third-order valence-electron chi connectivity index (χ3n) is 5.60. The highest BCUT2D eigenvalue weighted by atomic mass is 16.5. The maximum Gasteiger partial charge on any atom is 0.252 e. The van der Waals surface area contributed by atoms with Gasteiger partial charge in [-0.05, 0) is 47.6 Å². The lowest BCUT2D eigenvalue weighted by Crippen LogP contribution is -2.38. The molecule has 3 aromatic rings. The number of hydrogen-bond acceptors (Lipinski definition) is 2. The summed E-state index contributed by atoms with van der Waals surface area (Å²) in [6.45, 7) is 3.93. The highest BCUT2D eigenvalue weighted by Gasteiger charge is 2.29. The van der Waals surface area contributed by atoms with Gasteiger partial charge >= 0.3 is 0 Å². The molecule has 0 radical (unpaired) electrons. The summed E-state index contributed by atoms with van der Waals surface area (Å²) in [5, 5.41) is 0. The van der Waals surface area contributed by atoms with Gasteiger partial charge in [-0.1, -0.05) is 78.9 Å². The van der Waals surface area contributed by atoms with E-state index in [2.05, 4.69) is 61.5 Å². The fraction of sp³-hybridized carbons (Fsp3) is 0.269. The lowest BCUT2D eigenvalue weighted by molar-refractivity contribution is -0.142. The molecule has 4 rings (SSSR count). The summed E-state index contributed by atoms with van der Waals surface area (Å²) in [4.78, 5) is 15.3. The van der Waals surface area contributed by atoms with E-state index >= 15 is 0 Å². The Morgan fingerprint density at radius 1 is 0.897 bits per heavy atom. The van der Waals surface area contributed by atoms with E-state index in [0.29, 0.717) is 19.7 Å². The van der Waals surface area contributed by atoms with Crippen LogP contribution in [0.15, 0.2) is 78.9 Å². The fourth-order valence-electron chi connectivity index (χ4n) is 3.94. The van der Waals surface area contributed by atoms with E-state index < -0.39 is 0 Å². The highest BCUT2D eigenvalue weighted by Crippen LogP contribution is 2.26. The molecule has 3 heteroatoms. The third-order valence-corrected chi connectivity index (χ3v) is 5.60. The van der Waals surface area contributed by atoms with Gasteiger partial charge in [-0.15, -0.1) is 0 Å². The molecule has 148 valence electrons. The van der Waals surface area contributed by atoms with Gasteiger partial charge in [0.15, 0.2) is 0 Å². The molecule has 0 N–H and O–H groups in total. The molecule has 0 bridgehead atoms. The molecule has 1 amide bonds. The predicted molar refractivity (Wildman–Crippen MR) is 116 cm³/mol. The van der Waals surface area contributed by atoms with E-state index in [9.17, 15) is 4.79 Å². The van der Waals surface area contributed by atoms with Gasteiger partial charge in [-0.2, -0.15) is 0 Å². The van der Waals surface area contributed by atoms with E-state index in [1.165, 1.54) is 22.3 Å². The Balaban J connectivity index is 1.65. The van der Waals surface area contributed by atoms with Crippen LogP contribution in [-0.4, -0.2) is 23.5 Å². The first-order valence-corrected chi connectivity index (χ1v) is 10.3. The molecule has 1 aliphatic heterocycles. The molecule has 1 saturated heterocycles. The van der Waals surface area contributed by atoms with Gasteiger partial charge in [0.2, 0.25) is 0 Å². The Bertz CT molecular complexity index is 961. The molecule has 0 spiro atoms. The second-order valence-electron chi connectivity index (χ2n) is 7.65. The molecule has 0 aliphatic carbocycles. The van der Waals surface area contributed by atoms with E-state index in [0.717, 1.165) is 18.4 Å². The Labute approximate surface area is 172 Å². The second kappa shape index (κ2) is 9.06. The Kier molecular flexibility index (Phi) is 6.06. The van der Waals surface area contributed by atoms with Crippen LogP contribution in [0.25, 0.3) is 11.1 Å². The highest BCUT2D eigenvalue weighted by molar-refractivity contribution is 5.81. The van der Waals surface area contributed by atoms with E-state index in [1.54, 1.807) is 0 Å². The Hall–Kier alpha value is -2.91. The number of hydrogen-bond donors (Lipinski definition) is 0. The average molecular weight is 386 g/mol. The minimum atomic E-state index is -0.317. The van der Waals surface area contributed by atoms with Crippen LogP contribution in [0, 0.1) is 6.92 Å². The van der Waals surface area contributed by atoms with Crippen molar-refractivity contribution in [1.29, 1.82) is 0 Å². The van der Waals surface area contributed by atoms with Crippen LogP contribution in [0.5, 0.6) is 0 Å². The van der Waals surface area contributed by atoms with Gasteiger partial charge in [-0.3, -0.25) is 4.79 Å². The van der Waals surface area contributed by atoms with Gasteiger partial charge in [0.25, 0.3) is 5.91 Å². The van der Waals surface area contributed by atoms with Crippen LogP contribution in [-0.2, 0) is 22.6 Å². The van der Waals surface area contributed by atoms with Crippen LogP contribution < -0.4 is 0 Å². The Morgan fingerprint density at radius 3 is 2.28 bits per heavy atom. The molecule has 3 nitrogen and oxygen atoms in total. The fourth-order valence-corrected chi connectivity index (χ4v) is 3.94. The number of carbonyl (C=O) groups excluding carboxylic acids is 1. The standard InChI is InChI=1S/C26H27NO2/c1-20-10-5-6-13-22(20)18-27(26(28)25-16-9-17-29-25)19-23-14-7-8-15-24(23)21-11-3-2-4-12-21/h2-8,10-15,25H,9,16-19H2,1H3/t25-/m1/s1. The normalized spacial score (nSPS) is 16.0. The average Bonchev–Trinajstić information content (AvgIpc) is 3.30. The van der Waals surface area contributed by atoms with Gasteiger partial charge in [-0.25, -0.2) is 0 Å². The lowest BCUT2D eigenvalue weighted by atomic mass is 9.99. The quantitative estimate of drug-likeness (QED) is 0.571. The predicted octanol–water partition coefficient (Wildman–Crippen LogP) is 5.37. The largest absolute Gasteiger partial charge is 0.368 e. The minimum absolute atomic E-state index is 0.0913. The van der Waals surface area contributed by atoms with Gasteiger partial charge in [0.05, 0.1) is 0 Å². The summed E-state index contributed by atoms with van der Waals surface area (Å²) in [5.41, 5.74) is 5.87. The number of amides is 1. The zero-order valence-electron chi connectivity index (χ0n) is 16.9. The van der Waals surface area contributed by atoms with E-state index in [-0.39, 0.29) is 12.0 Å². The Morgan fingerprint density at radius 2 is 1.55 bits per heavy atom. The van der Waals surface area contributed by atoms with Crippen molar-refractivity contribution < 1.29 is 9.53 Å². The smallest absolute Gasteiger partial charge is 0.252 e. The maximum atomic E-state index is 13.3. The summed E-state index contributed by atoms with van der Waals surface area (Å²) in [6, 6.07) is 27.0. The SMILES string of the molecule is Cc1ccccc1CN(Cc1ccccc1-c1ccccc1)C(=O)[C@H]1CCCO1. The number of rotatable bonds is 6. The van der Waals surface area contributed by atoms with Gasteiger partial charge < -0.3 is 9.64 Å². The van der Waals surface area contributed by atoms with Crippen molar-refractivity contribution in [3.63, 3.8) is 0 Å². The number of carbonyl (C=O) groups is 1. The molecule has 0 aromatic heterocycles. The van der Waals surface area contributed by atoms with E-state index in [1.807, 2.05) is 29.2 Å². The van der Waals surface area contributed by atoms with Crippen molar-refractivity contribution in [3.05, 3.63) is 95.6 Å². The van der Waals surface area contributed by atoms with Crippen molar-refractivity contribution >= 4 is 5.91 Å². The summed E-state index contributed by atoms with van der Waals surface area (Å²) in [7, 11) is 0. The zero-order chi connectivity index (χ0) is 20.1. The van der Waals surface area contributed by atoms with Gasteiger partial charge in [0, 0.05) is 19.7 Å². The first kappa shape index (κ1) is 19.4.